The van der Waals surface area contributed by atoms with E-state index in [1.165, 1.54) is 0 Å². The van der Waals surface area contributed by atoms with E-state index in [-0.39, 0.29) is 37.7 Å². The minimum Gasteiger partial charge on any atom is -0.652 e. The molecule has 0 radical (unpaired) electrons. The predicted molar refractivity (Wildman–Crippen MR) is 22.4 cm³/mol. The standard InChI is InChI=1S/C2H4.CH2O3.Ca/c1-2;2-1(3)4;/h1-2H2;(H2,2,3,4);/q;;+2/p-2. The summed E-state index contributed by atoms with van der Waals surface area (Å²) in [6.07, 6.45) is -2.33. The number of carboxylic acid groups (broad SMARTS) is 2. The van der Waals surface area contributed by atoms with Crippen LogP contribution in [-0.2, 0) is 0 Å². The van der Waals surface area contributed by atoms with Gasteiger partial charge in [0.05, 0.1) is 0 Å². The van der Waals surface area contributed by atoms with E-state index in [0.29, 0.717) is 0 Å². The van der Waals surface area contributed by atoms with Crippen LogP contribution < -0.4 is 10.2 Å². The van der Waals surface area contributed by atoms with Gasteiger partial charge in [-0.05, 0) is 6.16 Å². The van der Waals surface area contributed by atoms with Crippen LogP contribution in [0, 0.1) is 0 Å². The molecule has 0 aromatic rings. The third-order valence-corrected chi connectivity index (χ3v) is 0. The van der Waals surface area contributed by atoms with Crippen molar-refractivity contribution in [2.45, 2.75) is 0 Å². The smallest absolute Gasteiger partial charge is 0.652 e. The molecule has 0 aromatic carbocycles. The van der Waals surface area contributed by atoms with E-state index in [9.17, 15) is 0 Å². The van der Waals surface area contributed by atoms with Gasteiger partial charge in [-0.15, -0.1) is 13.2 Å². The third-order valence-electron chi connectivity index (χ3n) is 0. The van der Waals surface area contributed by atoms with Crippen LogP contribution in [0.15, 0.2) is 13.2 Å². The first-order valence-electron chi connectivity index (χ1n) is 1.11. The Bertz CT molecular complexity index is 41.4. The van der Waals surface area contributed by atoms with E-state index in [1.807, 2.05) is 0 Å². The van der Waals surface area contributed by atoms with E-state index >= 15 is 0 Å². The zero-order chi connectivity index (χ0) is 5.58. The van der Waals surface area contributed by atoms with E-state index in [2.05, 4.69) is 13.2 Å². The maximum Gasteiger partial charge on any atom is 2.00 e. The van der Waals surface area contributed by atoms with Crippen molar-refractivity contribution in [2.24, 2.45) is 0 Å². The molecule has 0 aliphatic rings. The SMILES string of the molecule is C=C.O=C([O-])[O-].[Ca+2]. The van der Waals surface area contributed by atoms with Crippen LogP contribution in [0.4, 0.5) is 4.79 Å². The second-order valence-corrected chi connectivity index (χ2v) is 0.250. The second-order valence-electron chi connectivity index (χ2n) is 0.250. The molecule has 0 fully saturated rings. The summed E-state index contributed by atoms with van der Waals surface area (Å²) in [5, 5.41) is 16.7. The fourth-order valence-electron chi connectivity index (χ4n) is 0. The Morgan fingerprint density at radius 1 is 1.29 bits per heavy atom. The number of carbonyl (C=O) groups is 1. The Morgan fingerprint density at radius 2 is 1.29 bits per heavy atom. The molecule has 3 nitrogen and oxygen atoms in total. The molecule has 0 saturated carbocycles. The maximum absolute atomic E-state index is 8.33. The van der Waals surface area contributed by atoms with Crippen LogP contribution in [-0.4, -0.2) is 43.9 Å². The molecule has 0 N–H and O–H groups in total. The van der Waals surface area contributed by atoms with Crippen molar-refractivity contribution in [2.75, 3.05) is 0 Å². The molecule has 0 bridgehead atoms. The van der Waals surface area contributed by atoms with Crippen molar-refractivity contribution in [1.29, 1.82) is 0 Å². The van der Waals surface area contributed by atoms with Crippen LogP contribution in [0.5, 0.6) is 0 Å². The topological polar surface area (TPSA) is 63.2 Å². The Labute approximate surface area is 71.7 Å². The molecule has 0 heterocycles. The van der Waals surface area contributed by atoms with Crippen LogP contribution in [0.3, 0.4) is 0 Å². The molecule has 0 unspecified atom stereocenters. The molecular formula is C3H4CaO3. The van der Waals surface area contributed by atoms with Gasteiger partial charge in [0.2, 0.25) is 0 Å². The number of hydrogen-bond acceptors (Lipinski definition) is 3. The Morgan fingerprint density at radius 3 is 1.29 bits per heavy atom. The summed E-state index contributed by atoms with van der Waals surface area (Å²) < 4.78 is 0. The second kappa shape index (κ2) is 16.3. The largest absolute Gasteiger partial charge is 2.00 e. The molecule has 0 spiro atoms. The van der Waals surface area contributed by atoms with Crippen LogP contribution in [0.25, 0.3) is 0 Å². The molecule has 0 atom stereocenters. The third kappa shape index (κ3) is 1570. The normalized spacial score (nSPS) is 4.00. The minimum absolute atomic E-state index is 0. The van der Waals surface area contributed by atoms with Crippen molar-refractivity contribution in [1.82, 2.24) is 0 Å². The van der Waals surface area contributed by atoms with Gasteiger partial charge >= 0.3 is 37.7 Å². The van der Waals surface area contributed by atoms with Gasteiger partial charge in [0.25, 0.3) is 0 Å². The summed E-state index contributed by atoms with van der Waals surface area (Å²) in [6, 6.07) is 0. The average Bonchev–Trinajstić information content (AvgIpc) is 1.41. The summed E-state index contributed by atoms with van der Waals surface area (Å²) >= 11 is 0. The maximum atomic E-state index is 8.33. The van der Waals surface area contributed by atoms with Gasteiger partial charge < -0.3 is 15.0 Å². The minimum atomic E-state index is -2.33. The summed E-state index contributed by atoms with van der Waals surface area (Å²) in [7, 11) is 0. The fraction of sp³-hybridized carbons (Fsp3) is 0. The van der Waals surface area contributed by atoms with Crippen LogP contribution in [0.2, 0.25) is 0 Å². The molecule has 36 valence electrons. The van der Waals surface area contributed by atoms with E-state index in [1.54, 1.807) is 0 Å². The van der Waals surface area contributed by atoms with Gasteiger partial charge in [-0.2, -0.15) is 0 Å². The van der Waals surface area contributed by atoms with Gasteiger partial charge in [-0.1, -0.05) is 0 Å². The van der Waals surface area contributed by atoms with Crippen molar-refractivity contribution < 1.29 is 15.0 Å². The summed E-state index contributed by atoms with van der Waals surface area (Å²) in [5.41, 5.74) is 0. The quantitative estimate of drug-likeness (QED) is 0.279. The van der Waals surface area contributed by atoms with Crippen molar-refractivity contribution in [3.8, 4) is 0 Å². The summed E-state index contributed by atoms with van der Waals surface area (Å²) in [4.78, 5) is 8.33. The molecular weight excluding hydrogens is 124 g/mol. The fourth-order valence-corrected chi connectivity index (χ4v) is 0. The summed E-state index contributed by atoms with van der Waals surface area (Å²) in [6.45, 7) is 6.00. The van der Waals surface area contributed by atoms with Crippen LogP contribution >= 0.6 is 0 Å². The Kier molecular flexibility index (Phi) is 36.5. The van der Waals surface area contributed by atoms with Gasteiger partial charge in [0, 0.05) is 0 Å². The molecule has 0 aliphatic heterocycles. The number of carbonyl (C=O) groups excluding carboxylic acids is 1. The molecule has 4 heteroatoms. The average molecular weight is 128 g/mol. The van der Waals surface area contributed by atoms with Gasteiger partial charge in [0.1, 0.15) is 0 Å². The number of hydrogen-bond donors (Lipinski definition) is 0. The van der Waals surface area contributed by atoms with E-state index in [0.717, 1.165) is 0 Å². The first-order valence-corrected chi connectivity index (χ1v) is 1.11. The van der Waals surface area contributed by atoms with Crippen molar-refractivity contribution in [3.05, 3.63) is 13.2 Å². The van der Waals surface area contributed by atoms with E-state index in [4.69, 9.17) is 15.0 Å². The van der Waals surface area contributed by atoms with Crippen molar-refractivity contribution >= 4 is 43.9 Å². The molecule has 0 amide bonds. The molecule has 0 saturated heterocycles. The van der Waals surface area contributed by atoms with Gasteiger partial charge in [-0.25, -0.2) is 0 Å². The molecule has 0 aromatic heterocycles. The zero-order valence-electron chi connectivity index (χ0n) is 3.85. The van der Waals surface area contributed by atoms with Gasteiger partial charge in [-0.3, -0.25) is 0 Å². The predicted octanol–water partition coefficient (Wildman–Crippen LogP) is -2.03. The number of rotatable bonds is 0. The molecule has 0 aliphatic carbocycles. The molecule has 0 rings (SSSR count). The van der Waals surface area contributed by atoms with Gasteiger partial charge in [0.15, 0.2) is 0 Å². The molecule has 7 heavy (non-hydrogen) atoms. The zero-order valence-corrected chi connectivity index (χ0v) is 6.05. The van der Waals surface area contributed by atoms with Crippen molar-refractivity contribution in [3.63, 3.8) is 0 Å². The monoisotopic (exact) mass is 128 g/mol. The Balaban J connectivity index is -0.0000000480. The first-order chi connectivity index (χ1) is 2.73. The van der Waals surface area contributed by atoms with Crippen LogP contribution in [0.1, 0.15) is 0 Å². The summed E-state index contributed by atoms with van der Waals surface area (Å²) in [5.74, 6) is 0. The van der Waals surface area contributed by atoms with E-state index < -0.39 is 6.16 Å². The first kappa shape index (κ1) is 15.7. The Hall–Kier alpha value is 0.270.